The van der Waals surface area contributed by atoms with E-state index in [1.807, 2.05) is 19.1 Å². The molecule has 1 aliphatic carbocycles. The maximum absolute atomic E-state index is 13.7. The molecule has 0 fully saturated rings. The zero-order chi connectivity index (χ0) is 26.9. The van der Waals surface area contributed by atoms with Crippen molar-refractivity contribution in [2.24, 2.45) is 5.41 Å². The Labute approximate surface area is 221 Å². The highest BCUT2D eigenvalue weighted by Gasteiger charge is 2.37. The van der Waals surface area contributed by atoms with Crippen molar-refractivity contribution < 1.29 is 14.7 Å². The van der Waals surface area contributed by atoms with Crippen molar-refractivity contribution in [1.82, 2.24) is 24.8 Å². The fourth-order valence-corrected chi connectivity index (χ4v) is 5.41. The second-order valence-corrected chi connectivity index (χ2v) is 10.4. The van der Waals surface area contributed by atoms with Gasteiger partial charge < -0.3 is 20.3 Å². The molecule has 196 valence electrons. The Morgan fingerprint density at radius 3 is 2.76 bits per heavy atom. The van der Waals surface area contributed by atoms with Crippen LogP contribution in [0.5, 0.6) is 0 Å². The van der Waals surface area contributed by atoms with Crippen LogP contribution in [0.1, 0.15) is 53.6 Å². The van der Waals surface area contributed by atoms with Crippen LogP contribution in [0.15, 0.2) is 54.9 Å². The van der Waals surface area contributed by atoms with E-state index >= 15 is 0 Å². The van der Waals surface area contributed by atoms with Crippen LogP contribution in [0.2, 0.25) is 0 Å². The van der Waals surface area contributed by atoms with E-state index in [2.05, 4.69) is 44.0 Å². The minimum Gasteiger partial charge on any atom is -0.392 e. The summed E-state index contributed by atoms with van der Waals surface area (Å²) in [6, 6.07) is 5.52. The molecular formula is C28H31N7O3. The van der Waals surface area contributed by atoms with Gasteiger partial charge in [-0.2, -0.15) is 0 Å². The molecule has 10 nitrogen and oxygen atoms in total. The van der Waals surface area contributed by atoms with Crippen LogP contribution in [-0.4, -0.2) is 43.5 Å². The fraction of sp³-hybridized carbons (Fsp3) is 0.321. The average Bonchev–Trinajstić information content (AvgIpc) is 3.39. The van der Waals surface area contributed by atoms with Gasteiger partial charge in [0.15, 0.2) is 0 Å². The van der Waals surface area contributed by atoms with Crippen molar-refractivity contribution >= 4 is 29.5 Å². The summed E-state index contributed by atoms with van der Waals surface area (Å²) in [7, 11) is 0. The number of nitrogens with one attached hydrogen (secondary N) is 2. The van der Waals surface area contributed by atoms with Crippen molar-refractivity contribution in [2.45, 2.75) is 46.8 Å². The number of hydrogen-bond donors (Lipinski definition) is 3. The Balaban J connectivity index is 1.49. The molecule has 3 aromatic heterocycles. The molecule has 0 bridgehead atoms. The van der Waals surface area contributed by atoms with Crippen molar-refractivity contribution in [3.63, 3.8) is 0 Å². The Morgan fingerprint density at radius 2 is 2.03 bits per heavy atom. The molecular weight excluding hydrogens is 482 g/mol. The van der Waals surface area contributed by atoms with E-state index in [9.17, 15) is 14.7 Å². The first kappa shape index (κ1) is 25.3. The second kappa shape index (κ2) is 10.2. The number of fused-ring (bicyclic) bond motifs is 3. The molecule has 0 saturated heterocycles. The average molecular weight is 514 g/mol. The topological polar surface area (TPSA) is 125 Å². The predicted octanol–water partition coefficient (Wildman–Crippen LogP) is 3.05. The molecule has 5 rings (SSSR count). The number of anilines is 2. The van der Waals surface area contributed by atoms with Gasteiger partial charge >= 0.3 is 0 Å². The number of rotatable bonds is 8. The highest BCUT2D eigenvalue weighted by molar-refractivity contribution is 6.06. The summed E-state index contributed by atoms with van der Waals surface area (Å²) in [5, 5.41) is 16.2. The van der Waals surface area contributed by atoms with E-state index < -0.39 is 0 Å². The van der Waals surface area contributed by atoms with Gasteiger partial charge in [-0.15, -0.1) is 0 Å². The smallest absolute Gasteiger partial charge is 0.276 e. The molecule has 0 spiro atoms. The van der Waals surface area contributed by atoms with Crippen LogP contribution in [-0.2, 0) is 30.8 Å². The normalized spacial score (nSPS) is 16.7. The minimum absolute atomic E-state index is 0.128. The monoisotopic (exact) mass is 513 g/mol. The number of aliphatic hydroxyl groups is 1. The molecule has 38 heavy (non-hydrogen) atoms. The van der Waals surface area contributed by atoms with Gasteiger partial charge in [-0.3, -0.25) is 14.5 Å². The van der Waals surface area contributed by atoms with Gasteiger partial charge in [-0.05, 0) is 60.6 Å². The van der Waals surface area contributed by atoms with Gasteiger partial charge in [-0.1, -0.05) is 13.8 Å². The molecule has 0 saturated carbocycles. The molecule has 4 heterocycles. The number of aromatic nitrogens is 4. The van der Waals surface area contributed by atoms with E-state index in [-0.39, 0.29) is 17.9 Å². The maximum Gasteiger partial charge on any atom is 0.276 e. The molecule has 2 aliphatic rings. The lowest BCUT2D eigenvalue weighted by Crippen LogP contribution is -2.41. The van der Waals surface area contributed by atoms with Crippen LogP contribution < -0.4 is 15.5 Å². The number of carbonyl (C=O) groups excluding carboxylic acids is 2. The van der Waals surface area contributed by atoms with Gasteiger partial charge in [0.1, 0.15) is 23.7 Å². The summed E-state index contributed by atoms with van der Waals surface area (Å²) >= 11 is 0. The first-order chi connectivity index (χ1) is 18.3. The summed E-state index contributed by atoms with van der Waals surface area (Å²) in [6.45, 7) is 7.15. The third-order valence-electron chi connectivity index (χ3n) is 6.97. The second-order valence-electron chi connectivity index (χ2n) is 10.4. The van der Waals surface area contributed by atoms with E-state index in [0.717, 1.165) is 18.5 Å². The standard InChI is InChI=1S/C28H31N7O3/c1-18(33-25-5-6-29-16-32-25)10-20(14-30-17-37)21-4-7-31-26(22(21)15-36)35-9-8-34-23(27(35)38)11-19-12-28(2,3)13-24(19)34/h4-7,10-11,14,16-17,36H,8-9,12-13,15H2,1-3H3,(H,30,37)(H,29,32,33)/b18-10+,20-14+. The number of amides is 2. The van der Waals surface area contributed by atoms with Crippen molar-refractivity contribution in [1.29, 1.82) is 0 Å². The van der Waals surface area contributed by atoms with E-state index in [0.29, 0.717) is 53.5 Å². The predicted molar refractivity (Wildman–Crippen MR) is 144 cm³/mol. The lowest BCUT2D eigenvalue weighted by atomic mass is 9.90. The highest BCUT2D eigenvalue weighted by atomic mass is 16.3. The first-order valence-electron chi connectivity index (χ1n) is 12.5. The van der Waals surface area contributed by atoms with Gasteiger partial charge in [0.2, 0.25) is 6.41 Å². The van der Waals surface area contributed by atoms with Gasteiger partial charge in [-0.25, -0.2) is 15.0 Å². The fourth-order valence-electron chi connectivity index (χ4n) is 5.41. The number of allylic oxidation sites excluding steroid dienone is 3. The van der Waals surface area contributed by atoms with Crippen molar-refractivity contribution in [3.05, 3.63) is 83.0 Å². The number of carbonyl (C=O) groups is 2. The summed E-state index contributed by atoms with van der Waals surface area (Å²) in [5.74, 6) is 0.901. The number of nitrogens with zero attached hydrogens (tertiary/aromatic N) is 5. The van der Waals surface area contributed by atoms with E-state index in [4.69, 9.17) is 0 Å². The lowest BCUT2D eigenvalue weighted by molar-refractivity contribution is -0.108. The molecule has 0 unspecified atom stereocenters. The SMILES string of the molecule is C/C(=C\C(=C/NC=O)c1ccnc(N2CCn3c(cc4c3CC(C)(C)C4)C2=O)c1CO)Nc1ccncn1. The number of hydrogen-bond acceptors (Lipinski definition) is 7. The maximum atomic E-state index is 13.7. The summed E-state index contributed by atoms with van der Waals surface area (Å²) in [4.78, 5) is 39.0. The molecule has 0 atom stereocenters. The Kier molecular flexibility index (Phi) is 6.81. The minimum atomic E-state index is -0.335. The van der Waals surface area contributed by atoms with Crippen LogP contribution in [0.25, 0.3) is 5.57 Å². The number of aliphatic hydroxyl groups excluding tert-OH is 1. The summed E-state index contributed by atoms with van der Waals surface area (Å²) < 4.78 is 2.15. The van der Waals surface area contributed by atoms with Crippen LogP contribution in [0.4, 0.5) is 11.6 Å². The van der Waals surface area contributed by atoms with E-state index in [1.54, 1.807) is 35.6 Å². The molecule has 3 N–H and O–H groups in total. The summed E-state index contributed by atoms with van der Waals surface area (Å²) in [5.41, 5.74) is 5.88. The summed E-state index contributed by atoms with van der Waals surface area (Å²) in [6.07, 6.45) is 10.6. The van der Waals surface area contributed by atoms with Crippen molar-refractivity contribution in [2.75, 3.05) is 16.8 Å². The molecule has 0 aromatic carbocycles. The molecule has 0 radical (unpaired) electrons. The Bertz CT molecular complexity index is 1440. The lowest BCUT2D eigenvalue weighted by Gasteiger charge is -2.31. The molecule has 2 amide bonds. The van der Waals surface area contributed by atoms with Gasteiger partial charge in [0.25, 0.3) is 5.91 Å². The Morgan fingerprint density at radius 1 is 1.18 bits per heavy atom. The van der Waals surface area contributed by atoms with Crippen LogP contribution in [0.3, 0.4) is 0 Å². The zero-order valence-electron chi connectivity index (χ0n) is 21.7. The van der Waals surface area contributed by atoms with Crippen LogP contribution in [0, 0.1) is 5.41 Å². The zero-order valence-corrected chi connectivity index (χ0v) is 21.7. The largest absolute Gasteiger partial charge is 0.392 e. The number of pyridine rings is 1. The van der Waals surface area contributed by atoms with E-state index in [1.165, 1.54) is 17.6 Å². The third kappa shape index (κ3) is 4.82. The third-order valence-corrected chi connectivity index (χ3v) is 6.97. The van der Waals surface area contributed by atoms with Gasteiger partial charge in [0, 0.05) is 54.2 Å². The van der Waals surface area contributed by atoms with Crippen molar-refractivity contribution in [3.8, 4) is 0 Å². The quantitative estimate of drug-likeness (QED) is 0.312. The van der Waals surface area contributed by atoms with Crippen LogP contribution >= 0.6 is 0 Å². The van der Waals surface area contributed by atoms with Gasteiger partial charge in [0.05, 0.1) is 6.61 Å². The Hall–Kier alpha value is -4.31. The molecule has 10 heteroatoms. The molecule has 1 aliphatic heterocycles. The highest BCUT2D eigenvalue weighted by Crippen LogP contribution is 2.40. The molecule has 3 aromatic rings. The first-order valence-corrected chi connectivity index (χ1v) is 12.5.